The van der Waals surface area contributed by atoms with Crippen LogP contribution in [-0.4, -0.2) is 72.9 Å². The Morgan fingerprint density at radius 2 is 1.96 bits per heavy atom. The van der Waals surface area contributed by atoms with Crippen LogP contribution in [0.3, 0.4) is 0 Å². The number of rotatable bonds is 7. The number of amides is 1. The molecule has 1 aromatic rings. The molecule has 1 saturated heterocycles. The smallest absolute Gasteiger partial charge is 0.248 e. The van der Waals surface area contributed by atoms with Crippen molar-refractivity contribution in [3.8, 4) is 0 Å². The molecule has 1 atom stereocenters. The molecule has 25 heavy (non-hydrogen) atoms. The lowest BCUT2D eigenvalue weighted by atomic mass is 10.0. The molecule has 6 heteroatoms. The summed E-state index contributed by atoms with van der Waals surface area (Å²) in [6, 6.07) is 8.01. The van der Waals surface area contributed by atoms with Crippen LogP contribution in [0.4, 0.5) is 0 Å². The van der Waals surface area contributed by atoms with Gasteiger partial charge < -0.3 is 19.5 Å². The topological polar surface area (TPSA) is 62.2 Å². The molecular formula is C19H30N2O4. The van der Waals surface area contributed by atoms with E-state index >= 15 is 0 Å². The molecule has 1 aliphatic rings. The van der Waals surface area contributed by atoms with Gasteiger partial charge in [-0.3, -0.25) is 9.69 Å². The van der Waals surface area contributed by atoms with Crippen LogP contribution in [0.5, 0.6) is 0 Å². The number of hydrogen-bond acceptors (Lipinski definition) is 5. The molecule has 1 amide bonds. The number of ether oxygens (including phenoxy) is 2. The van der Waals surface area contributed by atoms with E-state index in [0.717, 1.165) is 25.2 Å². The summed E-state index contributed by atoms with van der Waals surface area (Å²) in [5.41, 5.74) is 1.86. The second-order valence-electron chi connectivity index (χ2n) is 7.45. The van der Waals surface area contributed by atoms with E-state index in [0.29, 0.717) is 6.61 Å². The first kappa shape index (κ1) is 19.8. The molecule has 1 fully saturated rings. The van der Waals surface area contributed by atoms with Gasteiger partial charge in [-0.1, -0.05) is 24.3 Å². The van der Waals surface area contributed by atoms with Crippen molar-refractivity contribution in [3.63, 3.8) is 0 Å². The lowest BCUT2D eigenvalue weighted by Crippen LogP contribution is -2.53. The highest BCUT2D eigenvalue weighted by molar-refractivity contribution is 5.76. The van der Waals surface area contributed by atoms with Crippen molar-refractivity contribution < 1.29 is 19.4 Å². The number of hydrogen-bond donors (Lipinski definition) is 1. The Kier molecular flexibility index (Phi) is 6.95. The Morgan fingerprint density at radius 3 is 2.56 bits per heavy atom. The van der Waals surface area contributed by atoms with Crippen LogP contribution < -0.4 is 0 Å². The first-order chi connectivity index (χ1) is 11.8. The van der Waals surface area contributed by atoms with Gasteiger partial charge in [0.15, 0.2) is 0 Å². The number of carbonyl (C=O) groups is 1. The van der Waals surface area contributed by atoms with Crippen molar-refractivity contribution >= 4 is 5.91 Å². The van der Waals surface area contributed by atoms with E-state index in [1.54, 1.807) is 14.1 Å². The average molecular weight is 350 g/mol. The minimum Gasteiger partial charge on any atom is -0.392 e. The molecule has 0 radical (unpaired) electrons. The summed E-state index contributed by atoms with van der Waals surface area (Å²) in [5, 5.41) is 9.14. The number of nitrogens with zero attached hydrogens (tertiary/aromatic N) is 2. The first-order valence-electron chi connectivity index (χ1n) is 8.66. The standard InChI is InChI=1S/C19H30N2O4/c1-19(2)14-21(9-15-5-7-16(11-22)8-6-15)10-17(25-19)12-24-13-18(23)20(3)4/h5-8,17,22H,9-14H2,1-4H3/t17-/m0/s1. The van der Waals surface area contributed by atoms with Gasteiger partial charge in [0.05, 0.1) is 24.9 Å². The quantitative estimate of drug-likeness (QED) is 0.802. The summed E-state index contributed by atoms with van der Waals surface area (Å²) in [7, 11) is 3.44. The van der Waals surface area contributed by atoms with Gasteiger partial charge in [0.25, 0.3) is 0 Å². The number of benzene rings is 1. The predicted molar refractivity (Wildman–Crippen MR) is 96.1 cm³/mol. The second-order valence-corrected chi connectivity index (χ2v) is 7.45. The molecule has 0 saturated carbocycles. The van der Waals surface area contributed by atoms with Gasteiger partial charge in [-0.2, -0.15) is 0 Å². The van der Waals surface area contributed by atoms with E-state index in [9.17, 15) is 4.79 Å². The van der Waals surface area contributed by atoms with Gasteiger partial charge in [-0.15, -0.1) is 0 Å². The lowest BCUT2D eigenvalue weighted by molar-refractivity contribution is -0.161. The van der Waals surface area contributed by atoms with Crippen LogP contribution in [0.2, 0.25) is 0 Å². The van der Waals surface area contributed by atoms with Crippen LogP contribution in [0, 0.1) is 0 Å². The zero-order valence-corrected chi connectivity index (χ0v) is 15.7. The van der Waals surface area contributed by atoms with Crippen molar-refractivity contribution in [3.05, 3.63) is 35.4 Å². The van der Waals surface area contributed by atoms with Crippen LogP contribution in [0.25, 0.3) is 0 Å². The minimum atomic E-state index is -0.261. The number of aliphatic hydroxyl groups excluding tert-OH is 1. The summed E-state index contributed by atoms with van der Waals surface area (Å²) in [5.74, 6) is -0.0455. The van der Waals surface area contributed by atoms with E-state index in [4.69, 9.17) is 14.6 Å². The van der Waals surface area contributed by atoms with E-state index in [1.165, 1.54) is 10.5 Å². The van der Waals surface area contributed by atoms with Gasteiger partial charge in [-0.25, -0.2) is 0 Å². The fraction of sp³-hybridized carbons (Fsp3) is 0.632. The summed E-state index contributed by atoms with van der Waals surface area (Å²) in [6.07, 6.45) is -0.0598. The molecule has 0 bridgehead atoms. The Morgan fingerprint density at radius 1 is 1.32 bits per heavy atom. The molecule has 1 aliphatic heterocycles. The maximum absolute atomic E-state index is 11.6. The predicted octanol–water partition coefficient (Wildman–Crippen LogP) is 1.26. The summed E-state index contributed by atoms with van der Waals surface area (Å²) < 4.78 is 11.6. The molecule has 0 aromatic heterocycles. The van der Waals surface area contributed by atoms with Crippen molar-refractivity contribution in [2.45, 2.75) is 38.7 Å². The van der Waals surface area contributed by atoms with Crippen LogP contribution in [0.1, 0.15) is 25.0 Å². The number of aliphatic hydroxyl groups is 1. The number of morpholine rings is 1. The lowest BCUT2D eigenvalue weighted by Gasteiger charge is -2.42. The van der Waals surface area contributed by atoms with E-state index < -0.39 is 0 Å². The number of likely N-dealkylation sites (N-methyl/N-ethyl adjacent to an activating group) is 1. The highest BCUT2D eigenvalue weighted by atomic mass is 16.5. The van der Waals surface area contributed by atoms with Crippen molar-refractivity contribution in [2.24, 2.45) is 0 Å². The van der Waals surface area contributed by atoms with Crippen LogP contribution in [-0.2, 0) is 27.4 Å². The Balaban J connectivity index is 1.89. The highest BCUT2D eigenvalue weighted by Gasteiger charge is 2.33. The third kappa shape index (κ3) is 6.40. The van der Waals surface area contributed by atoms with Gasteiger partial charge in [-0.05, 0) is 25.0 Å². The monoisotopic (exact) mass is 350 g/mol. The summed E-state index contributed by atoms with van der Waals surface area (Å²) in [6.45, 7) is 7.13. The van der Waals surface area contributed by atoms with E-state index in [1.807, 2.05) is 12.1 Å². The maximum atomic E-state index is 11.6. The fourth-order valence-corrected chi connectivity index (χ4v) is 3.04. The number of carbonyl (C=O) groups excluding carboxylic acids is 1. The molecule has 140 valence electrons. The van der Waals surface area contributed by atoms with Crippen molar-refractivity contribution in [1.29, 1.82) is 0 Å². The Labute approximate surface area is 150 Å². The van der Waals surface area contributed by atoms with Gasteiger partial charge in [0.2, 0.25) is 5.91 Å². The molecular weight excluding hydrogens is 320 g/mol. The normalized spacial score (nSPS) is 20.4. The molecule has 1 aromatic carbocycles. The molecule has 6 nitrogen and oxygen atoms in total. The minimum absolute atomic E-state index is 0.0455. The molecule has 1 heterocycles. The molecule has 1 N–H and O–H groups in total. The Bertz CT molecular complexity index is 557. The molecule has 0 aliphatic carbocycles. The van der Waals surface area contributed by atoms with Crippen LogP contribution in [0.15, 0.2) is 24.3 Å². The highest BCUT2D eigenvalue weighted by Crippen LogP contribution is 2.23. The van der Waals surface area contributed by atoms with Crippen molar-refractivity contribution in [1.82, 2.24) is 9.80 Å². The van der Waals surface area contributed by atoms with Crippen LogP contribution >= 0.6 is 0 Å². The zero-order chi connectivity index (χ0) is 18.4. The van der Waals surface area contributed by atoms with Gasteiger partial charge in [0.1, 0.15) is 6.61 Å². The van der Waals surface area contributed by atoms with Gasteiger partial charge in [0, 0.05) is 33.7 Å². The summed E-state index contributed by atoms with van der Waals surface area (Å²) >= 11 is 0. The second kappa shape index (κ2) is 8.76. The third-order valence-electron chi connectivity index (χ3n) is 4.19. The molecule has 0 unspecified atom stereocenters. The average Bonchev–Trinajstić information content (AvgIpc) is 2.54. The molecule has 0 spiro atoms. The first-order valence-corrected chi connectivity index (χ1v) is 8.66. The third-order valence-corrected chi connectivity index (χ3v) is 4.19. The fourth-order valence-electron chi connectivity index (χ4n) is 3.04. The van der Waals surface area contributed by atoms with Crippen molar-refractivity contribution in [2.75, 3.05) is 40.4 Å². The largest absolute Gasteiger partial charge is 0.392 e. The van der Waals surface area contributed by atoms with E-state index in [-0.39, 0.29) is 30.8 Å². The SMILES string of the molecule is CN(C)C(=O)COC[C@@H]1CN(Cc2ccc(CO)cc2)CC(C)(C)O1. The Hall–Kier alpha value is -1.47. The molecule has 2 rings (SSSR count). The zero-order valence-electron chi connectivity index (χ0n) is 15.7. The summed E-state index contributed by atoms with van der Waals surface area (Å²) in [4.78, 5) is 15.5. The van der Waals surface area contributed by atoms with Gasteiger partial charge >= 0.3 is 0 Å². The van der Waals surface area contributed by atoms with E-state index in [2.05, 4.69) is 30.9 Å². The maximum Gasteiger partial charge on any atom is 0.248 e.